The minimum absolute atomic E-state index is 0.0112. The van der Waals surface area contributed by atoms with Gasteiger partial charge in [0.05, 0.1) is 5.92 Å². The fourth-order valence-corrected chi connectivity index (χ4v) is 3.22. The Balaban J connectivity index is 1.77. The predicted molar refractivity (Wildman–Crippen MR) is 103 cm³/mol. The van der Waals surface area contributed by atoms with Crippen LogP contribution in [0.15, 0.2) is 35.1 Å². The number of carbonyl (C=O) groups excluding carboxylic acids is 2. The average Bonchev–Trinajstić information content (AvgIpc) is 3.03. The maximum atomic E-state index is 12.6. The molecule has 1 aromatic heterocycles. The summed E-state index contributed by atoms with van der Waals surface area (Å²) >= 11 is 0. The summed E-state index contributed by atoms with van der Waals surface area (Å²) in [5.41, 5.74) is 1.83. The lowest BCUT2D eigenvalue weighted by Gasteiger charge is -2.20. The topological polar surface area (TPSA) is 95.2 Å². The molecule has 1 fully saturated rings. The van der Waals surface area contributed by atoms with Gasteiger partial charge in [0.15, 0.2) is 0 Å². The highest BCUT2D eigenvalue weighted by Gasteiger charge is 2.35. The molecule has 1 aromatic carbocycles. The van der Waals surface area contributed by atoms with Crippen molar-refractivity contribution in [2.45, 2.75) is 39.7 Å². The van der Waals surface area contributed by atoms with Crippen LogP contribution in [0.25, 0.3) is 11.4 Å². The molecule has 2 N–H and O–H groups in total. The lowest BCUT2D eigenvalue weighted by molar-refractivity contribution is -0.129. The highest BCUT2D eigenvalue weighted by Crippen LogP contribution is 2.23. The number of hydrogen-bond donors (Lipinski definition) is 2. The Morgan fingerprint density at radius 2 is 2.11 bits per heavy atom. The number of hydrogen-bond acceptors (Lipinski definition) is 4. The highest BCUT2D eigenvalue weighted by atomic mass is 16.2. The number of aromatic nitrogens is 2. The van der Waals surface area contributed by atoms with Crippen LogP contribution in [0.5, 0.6) is 0 Å². The first kappa shape index (κ1) is 18.8. The van der Waals surface area contributed by atoms with E-state index in [-0.39, 0.29) is 35.8 Å². The van der Waals surface area contributed by atoms with Gasteiger partial charge in [-0.05, 0) is 32.4 Å². The van der Waals surface area contributed by atoms with Crippen LogP contribution < -0.4 is 10.9 Å². The van der Waals surface area contributed by atoms with Gasteiger partial charge in [-0.2, -0.15) is 0 Å². The van der Waals surface area contributed by atoms with Crippen LogP contribution >= 0.6 is 0 Å². The summed E-state index contributed by atoms with van der Waals surface area (Å²) in [6, 6.07) is 8.74. The molecule has 7 nitrogen and oxygen atoms in total. The van der Waals surface area contributed by atoms with Crippen molar-refractivity contribution in [1.29, 1.82) is 0 Å². The molecule has 1 aliphatic heterocycles. The standard InChI is InChI=1S/C20H24N4O3/c1-4-15-10-17(25)23-19(21-15)13-6-5-7-16(8-13)22-20(27)14-9-18(26)24(11-14)12(2)3/h5-8,10,12,14H,4,9,11H2,1-3H3,(H,22,27)(H,21,23,25). The monoisotopic (exact) mass is 368 g/mol. The normalized spacial score (nSPS) is 16.8. The van der Waals surface area contributed by atoms with E-state index in [1.165, 1.54) is 6.07 Å². The van der Waals surface area contributed by atoms with E-state index >= 15 is 0 Å². The van der Waals surface area contributed by atoms with Gasteiger partial charge in [0.2, 0.25) is 11.8 Å². The van der Waals surface area contributed by atoms with Gasteiger partial charge in [0.25, 0.3) is 5.56 Å². The molecule has 142 valence electrons. The fraction of sp³-hybridized carbons (Fsp3) is 0.400. The van der Waals surface area contributed by atoms with Crippen LogP contribution in [0.4, 0.5) is 5.69 Å². The Bertz CT molecular complexity index is 919. The van der Waals surface area contributed by atoms with Crippen molar-refractivity contribution < 1.29 is 9.59 Å². The zero-order valence-corrected chi connectivity index (χ0v) is 15.8. The summed E-state index contributed by atoms with van der Waals surface area (Å²) in [6.45, 7) is 6.26. The number of nitrogens with one attached hydrogen (secondary N) is 2. The summed E-state index contributed by atoms with van der Waals surface area (Å²) in [5.74, 6) is -0.0492. The molecule has 0 aliphatic carbocycles. The molecule has 1 aliphatic rings. The fourth-order valence-electron chi connectivity index (χ4n) is 3.22. The number of aryl methyl sites for hydroxylation is 1. The summed E-state index contributed by atoms with van der Waals surface area (Å²) in [7, 11) is 0. The number of aromatic amines is 1. The number of amides is 2. The van der Waals surface area contributed by atoms with Crippen molar-refractivity contribution in [2.24, 2.45) is 5.92 Å². The summed E-state index contributed by atoms with van der Waals surface area (Å²) in [6.07, 6.45) is 0.895. The van der Waals surface area contributed by atoms with Crippen molar-refractivity contribution in [3.05, 3.63) is 46.4 Å². The predicted octanol–water partition coefficient (Wildman–Crippen LogP) is 2.19. The largest absolute Gasteiger partial charge is 0.339 e. The van der Waals surface area contributed by atoms with Crippen LogP contribution in [-0.2, 0) is 16.0 Å². The third-order valence-corrected chi connectivity index (χ3v) is 4.71. The molecule has 1 unspecified atom stereocenters. The van der Waals surface area contributed by atoms with Gasteiger partial charge in [0, 0.05) is 42.0 Å². The van der Waals surface area contributed by atoms with E-state index in [4.69, 9.17) is 0 Å². The Kier molecular flexibility index (Phi) is 5.39. The van der Waals surface area contributed by atoms with Crippen LogP contribution in [0.1, 0.15) is 32.9 Å². The van der Waals surface area contributed by atoms with E-state index in [0.29, 0.717) is 35.7 Å². The lowest BCUT2D eigenvalue weighted by atomic mass is 10.1. The maximum absolute atomic E-state index is 12.6. The summed E-state index contributed by atoms with van der Waals surface area (Å²) in [5, 5.41) is 2.88. The number of anilines is 1. The molecule has 1 saturated heterocycles. The Morgan fingerprint density at radius 3 is 2.78 bits per heavy atom. The van der Waals surface area contributed by atoms with Crippen molar-refractivity contribution in [3.8, 4) is 11.4 Å². The first-order chi connectivity index (χ1) is 12.9. The van der Waals surface area contributed by atoms with Crippen LogP contribution in [-0.4, -0.2) is 39.3 Å². The molecule has 0 radical (unpaired) electrons. The third-order valence-electron chi connectivity index (χ3n) is 4.71. The first-order valence-electron chi connectivity index (χ1n) is 9.18. The van der Waals surface area contributed by atoms with Crippen LogP contribution in [0.3, 0.4) is 0 Å². The number of H-pyrrole nitrogens is 1. The molecule has 27 heavy (non-hydrogen) atoms. The van der Waals surface area contributed by atoms with Crippen molar-refractivity contribution >= 4 is 17.5 Å². The van der Waals surface area contributed by atoms with Crippen molar-refractivity contribution in [2.75, 3.05) is 11.9 Å². The van der Waals surface area contributed by atoms with E-state index < -0.39 is 0 Å². The third kappa shape index (κ3) is 4.24. The van der Waals surface area contributed by atoms with Gasteiger partial charge in [-0.3, -0.25) is 14.4 Å². The van der Waals surface area contributed by atoms with E-state index in [9.17, 15) is 14.4 Å². The molecule has 0 saturated carbocycles. The number of benzene rings is 1. The molecule has 2 heterocycles. The Hall–Kier alpha value is -2.96. The Labute approximate surface area is 157 Å². The van der Waals surface area contributed by atoms with Crippen molar-refractivity contribution in [1.82, 2.24) is 14.9 Å². The van der Waals surface area contributed by atoms with Gasteiger partial charge >= 0.3 is 0 Å². The molecule has 3 rings (SSSR count). The van der Waals surface area contributed by atoms with Gasteiger partial charge in [-0.15, -0.1) is 0 Å². The van der Waals surface area contributed by atoms with E-state index in [1.807, 2.05) is 26.8 Å². The molecule has 2 amide bonds. The molecule has 0 bridgehead atoms. The quantitative estimate of drug-likeness (QED) is 0.846. The second kappa shape index (κ2) is 7.73. The summed E-state index contributed by atoms with van der Waals surface area (Å²) < 4.78 is 0. The molecule has 1 atom stereocenters. The molecular weight excluding hydrogens is 344 g/mol. The van der Waals surface area contributed by atoms with E-state index in [0.717, 1.165) is 0 Å². The maximum Gasteiger partial charge on any atom is 0.251 e. The minimum atomic E-state index is -0.357. The second-order valence-electron chi connectivity index (χ2n) is 7.05. The van der Waals surface area contributed by atoms with Crippen LogP contribution in [0.2, 0.25) is 0 Å². The lowest BCUT2D eigenvalue weighted by Crippen LogP contribution is -2.33. The number of carbonyl (C=O) groups is 2. The number of nitrogens with zero attached hydrogens (tertiary/aromatic N) is 2. The highest BCUT2D eigenvalue weighted by molar-refractivity contribution is 5.97. The number of likely N-dealkylation sites (tertiary alicyclic amines) is 1. The van der Waals surface area contributed by atoms with Gasteiger partial charge in [0.1, 0.15) is 5.82 Å². The molecular formula is C20H24N4O3. The van der Waals surface area contributed by atoms with Crippen LogP contribution in [0, 0.1) is 5.92 Å². The molecule has 7 heteroatoms. The first-order valence-corrected chi connectivity index (χ1v) is 9.18. The second-order valence-corrected chi connectivity index (χ2v) is 7.05. The van der Waals surface area contributed by atoms with Gasteiger partial charge in [-0.1, -0.05) is 19.1 Å². The molecule has 2 aromatic rings. The van der Waals surface area contributed by atoms with E-state index in [2.05, 4.69) is 15.3 Å². The number of rotatable bonds is 5. The smallest absolute Gasteiger partial charge is 0.251 e. The average molecular weight is 368 g/mol. The SMILES string of the molecule is CCc1cc(=O)[nH]c(-c2cccc(NC(=O)C3CC(=O)N(C(C)C)C3)c2)n1. The molecule has 0 spiro atoms. The van der Waals surface area contributed by atoms with Crippen molar-refractivity contribution in [3.63, 3.8) is 0 Å². The van der Waals surface area contributed by atoms with Gasteiger partial charge in [-0.25, -0.2) is 4.98 Å². The summed E-state index contributed by atoms with van der Waals surface area (Å²) in [4.78, 5) is 45.3. The zero-order chi connectivity index (χ0) is 19.6. The Morgan fingerprint density at radius 1 is 1.33 bits per heavy atom. The van der Waals surface area contributed by atoms with Gasteiger partial charge < -0.3 is 15.2 Å². The van der Waals surface area contributed by atoms with E-state index in [1.54, 1.807) is 23.1 Å². The minimum Gasteiger partial charge on any atom is -0.339 e. The zero-order valence-electron chi connectivity index (χ0n) is 15.8.